The average Bonchev–Trinajstić information content (AvgIpc) is 2.13. The van der Waals surface area contributed by atoms with Gasteiger partial charge in [0.15, 0.2) is 0 Å². The Labute approximate surface area is 83.9 Å². The molecule has 1 fully saturated rings. The quantitative estimate of drug-likeness (QED) is 0.651. The van der Waals surface area contributed by atoms with Gasteiger partial charge in [-0.1, -0.05) is 33.1 Å². The molecule has 0 bridgehead atoms. The van der Waals surface area contributed by atoms with Gasteiger partial charge in [-0.2, -0.15) is 0 Å². The first-order chi connectivity index (χ1) is 6.20. The summed E-state index contributed by atoms with van der Waals surface area (Å²) in [7, 11) is 4.35. The van der Waals surface area contributed by atoms with Crippen molar-refractivity contribution in [2.24, 2.45) is 0 Å². The zero-order valence-electron chi connectivity index (χ0n) is 9.84. The molecule has 0 aromatic rings. The van der Waals surface area contributed by atoms with Crippen LogP contribution in [0.1, 0.15) is 33.1 Å². The molecule has 2 nitrogen and oxygen atoms in total. The van der Waals surface area contributed by atoms with Crippen LogP contribution in [0.2, 0.25) is 0 Å². The fraction of sp³-hybridized carbons (Fsp3) is 1.00. The van der Waals surface area contributed by atoms with Crippen LogP contribution < -0.4 is 0 Å². The maximum atomic E-state index is 2.36. The first kappa shape index (κ1) is 12.9. The number of piperazine rings is 1. The molecule has 0 saturated carbocycles. The van der Waals surface area contributed by atoms with Gasteiger partial charge in [-0.3, -0.25) is 0 Å². The fourth-order valence-electron chi connectivity index (χ4n) is 1.26. The van der Waals surface area contributed by atoms with Crippen LogP contribution in [0.15, 0.2) is 0 Å². The van der Waals surface area contributed by atoms with E-state index < -0.39 is 0 Å². The second-order valence-electron chi connectivity index (χ2n) is 3.96. The van der Waals surface area contributed by atoms with E-state index in [0.717, 1.165) is 0 Å². The van der Waals surface area contributed by atoms with E-state index in [-0.39, 0.29) is 0 Å². The molecular formula is C11H26N2. The zero-order chi connectivity index (χ0) is 10.1. The first-order valence-corrected chi connectivity index (χ1v) is 5.57. The fourth-order valence-corrected chi connectivity index (χ4v) is 1.26. The molecule has 1 aliphatic rings. The monoisotopic (exact) mass is 186 g/mol. The lowest BCUT2D eigenvalue weighted by atomic mass is 10.3. The van der Waals surface area contributed by atoms with Crippen LogP contribution in [-0.4, -0.2) is 50.1 Å². The predicted molar refractivity (Wildman–Crippen MR) is 60.2 cm³/mol. The van der Waals surface area contributed by atoms with Crippen molar-refractivity contribution in [2.75, 3.05) is 40.3 Å². The van der Waals surface area contributed by atoms with E-state index in [9.17, 15) is 0 Å². The summed E-state index contributed by atoms with van der Waals surface area (Å²) in [6.07, 6.45) is 4.08. The van der Waals surface area contributed by atoms with Crippen LogP contribution in [0.25, 0.3) is 0 Å². The minimum absolute atomic E-state index is 1.23. The van der Waals surface area contributed by atoms with Crippen molar-refractivity contribution in [3.8, 4) is 0 Å². The van der Waals surface area contributed by atoms with Gasteiger partial charge in [-0.05, 0) is 14.1 Å². The topological polar surface area (TPSA) is 6.48 Å². The molecule has 0 unspecified atom stereocenters. The van der Waals surface area contributed by atoms with Crippen LogP contribution in [-0.2, 0) is 0 Å². The molecule has 0 atom stereocenters. The van der Waals surface area contributed by atoms with Crippen LogP contribution in [0.5, 0.6) is 0 Å². The van der Waals surface area contributed by atoms with E-state index in [1.165, 1.54) is 45.4 Å². The van der Waals surface area contributed by atoms with Crippen LogP contribution >= 0.6 is 0 Å². The van der Waals surface area contributed by atoms with Crippen molar-refractivity contribution in [3.63, 3.8) is 0 Å². The van der Waals surface area contributed by atoms with Gasteiger partial charge in [0.05, 0.1) is 0 Å². The van der Waals surface area contributed by atoms with E-state index >= 15 is 0 Å². The summed E-state index contributed by atoms with van der Waals surface area (Å²) < 4.78 is 0. The highest BCUT2D eigenvalue weighted by atomic mass is 15.2. The summed E-state index contributed by atoms with van der Waals surface area (Å²) >= 11 is 0. The van der Waals surface area contributed by atoms with Gasteiger partial charge in [0.25, 0.3) is 0 Å². The Hall–Kier alpha value is -0.0800. The Morgan fingerprint density at radius 1 is 0.769 bits per heavy atom. The van der Waals surface area contributed by atoms with E-state index in [0.29, 0.717) is 0 Å². The molecule has 1 saturated heterocycles. The molecule has 0 aliphatic carbocycles. The molecule has 80 valence electrons. The number of rotatable bonds is 2. The first-order valence-electron chi connectivity index (χ1n) is 5.57. The summed E-state index contributed by atoms with van der Waals surface area (Å²) in [5.41, 5.74) is 0. The minimum Gasteiger partial charge on any atom is -0.304 e. The summed E-state index contributed by atoms with van der Waals surface area (Å²) in [4.78, 5) is 4.72. The van der Waals surface area contributed by atoms with Gasteiger partial charge >= 0.3 is 0 Å². The highest BCUT2D eigenvalue weighted by Gasteiger charge is 2.07. The van der Waals surface area contributed by atoms with Crippen molar-refractivity contribution in [3.05, 3.63) is 0 Å². The van der Waals surface area contributed by atoms with E-state index in [2.05, 4.69) is 37.7 Å². The number of unbranched alkanes of at least 4 members (excludes halogenated alkanes) is 2. The molecule has 0 radical (unpaired) electrons. The summed E-state index contributed by atoms with van der Waals surface area (Å²) in [6, 6.07) is 0. The molecule has 0 amide bonds. The third-order valence-electron chi connectivity index (χ3n) is 2.43. The lowest BCUT2D eigenvalue weighted by molar-refractivity contribution is 0.181. The van der Waals surface area contributed by atoms with Crippen LogP contribution in [0.3, 0.4) is 0 Å². The minimum atomic E-state index is 1.23. The number of nitrogens with zero attached hydrogens (tertiary/aromatic N) is 2. The summed E-state index contributed by atoms with van der Waals surface area (Å²) in [5, 5.41) is 0. The molecule has 0 N–H and O–H groups in total. The smallest absolute Gasteiger partial charge is 0.0107 e. The van der Waals surface area contributed by atoms with Crippen molar-refractivity contribution in [1.29, 1.82) is 0 Å². The Morgan fingerprint density at radius 2 is 1.08 bits per heavy atom. The normalized spacial score (nSPS) is 19.4. The Balaban J connectivity index is 0.000000252. The van der Waals surface area contributed by atoms with Gasteiger partial charge in [0, 0.05) is 26.2 Å². The lowest BCUT2D eigenvalue weighted by Gasteiger charge is -2.28. The molecule has 1 aliphatic heterocycles. The van der Waals surface area contributed by atoms with Crippen LogP contribution in [0.4, 0.5) is 0 Å². The molecule has 13 heavy (non-hydrogen) atoms. The highest BCUT2D eigenvalue weighted by Crippen LogP contribution is 1.93. The number of likely N-dealkylation sites (N-methyl/N-ethyl adjacent to an activating group) is 2. The molecule has 1 heterocycles. The molecular weight excluding hydrogens is 160 g/mol. The number of hydrogen-bond acceptors (Lipinski definition) is 2. The third kappa shape index (κ3) is 8.26. The Bertz CT molecular complexity index is 84.3. The average molecular weight is 186 g/mol. The van der Waals surface area contributed by atoms with Crippen molar-refractivity contribution >= 4 is 0 Å². The largest absolute Gasteiger partial charge is 0.304 e. The van der Waals surface area contributed by atoms with E-state index in [1.54, 1.807) is 0 Å². The molecule has 0 aromatic heterocycles. The third-order valence-corrected chi connectivity index (χ3v) is 2.43. The number of hydrogen-bond donors (Lipinski definition) is 0. The van der Waals surface area contributed by atoms with E-state index in [1.807, 2.05) is 0 Å². The van der Waals surface area contributed by atoms with Crippen molar-refractivity contribution < 1.29 is 0 Å². The van der Waals surface area contributed by atoms with Gasteiger partial charge < -0.3 is 9.80 Å². The van der Waals surface area contributed by atoms with Gasteiger partial charge in [-0.15, -0.1) is 0 Å². The maximum Gasteiger partial charge on any atom is 0.0107 e. The summed E-state index contributed by atoms with van der Waals surface area (Å²) in [6.45, 7) is 9.35. The van der Waals surface area contributed by atoms with Crippen molar-refractivity contribution in [2.45, 2.75) is 33.1 Å². The lowest BCUT2D eigenvalue weighted by Crippen LogP contribution is -2.42. The van der Waals surface area contributed by atoms with Crippen LogP contribution in [0, 0.1) is 0 Å². The maximum absolute atomic E-state index is 2.36. The molecule has 0 spiro atoms. The predicted octanol–water partition coefficient (Wildman–Crippen LogP) is 2.06. The van der Waals surface area contributed by atoms with Gasteiger partial charge in [0.1, 0.15) is 0 Å². The van der Waals surface area contributed by atoms with E-state index in [4.69, 9.17) is 0 Å². The standard InChI is InChI=1S/C6H14N2.C5H12/c1-7-3-5-8(2)6-4-7;1-3-5-4-2/h3-6H2,1-2H3;3-5H2,1-2H3. The SMILES string of the molecule is CCCCC.CN1CCN(C)CC1. The Morgan fingerprint density at radius 3 is 1.23 bits per heavy atom. The summed E-state index contributed by atoms with van der Waals surface area (Å²) in [5.74, 6) is 0. The second kappa shape index (κ2) is 8.52. The highest BCUT2D eigenvalue weighted by molar-refractivity contribution is 4.64. The molecule has 1 rings (SSSR count). The van der Waals surface area contributed by atoms with Gasteiger partial charge in [-0.25, -0.2) is 0 Å². The Kier molecular flexibility index (Phi) is 8.46. The molecule has 2 heteroatoms. The second-order valence-corrected chi connectivity index (χ2v) is 3.96. The molecule has 0 aromatic carbocycles. The van der Waals surface area contributed by atoms with Gasteiger partial charge in [0.2, 0.25) is 0 Å². The zero-order valence-corrected chi connectivity index (χ0v) is 9.84. The van der Waals surface area contributed by atoms with Crippen molar-refractivity contribution in [1.82, 2.24) is 9.80 Å².